The number of benzene rings is 1. The lowest BCUT2D eigenvalue weighted by Gasteiger charge is -2.55. The maximum absolute atomic E-state index is 5.99. The second-order valence-electron chi connectivity index (χ2n) is 7.23. The van der Waals surface area contributed by atoms with Crippen LogP contribution in [0.1, 0.15) is 49.1 Å². The fraction of sp³-hybridized carbons (Fsp3) is 0.667. The molecule has 108 valence electrons. The number of nitrogens with two attached hydrogens (primary N) is 1. The fourth-order valence-electron chi connectivity index (χ4n) is 5.63. The summed E-state index contributed by atoms with van der Waals surface area (Å²) in [4.78, 5) is 0. The molecule has 5 rings (SSSR count). The quantitative estimate of drug-likeness (QED) is 0.910. The molecule has 0 aliphatic heterocycles. The van der Waals surface area contributed by atoms with Gasteiger partial charge in [0, 0.05) is 6.54 Å². The Morgan fingerprint density at radius 2 is 1.70 bits per heavy atom. The van der Waals surface area contributed by atoms with Gasteiger partial charge in [0.05, 0.1) is 7.11 Å². The van der Waals surface area contributed by atoms with E-state index in [-0.39, 0.29) is 0 Å². The molecule has 0 radical (unpaired) electrons. The van der Waals surface area contributed by atoms with Crippen LogP contribution >= 0.6 is 0 Å². The van der Waals surface area contributed by atoms with Gasteiger partial charge in [-0.3, -0.25) is 0 Å². The Balaban J connectivity index is 1.73. The van der Waals surface area contributed by atoms with Crippen LogP contribution < -0.4 is 10.5 Å². The summed E-state index contributed by atoms with van der Waals surface area (Å²) in [5, 5.41) is 0. The Kier molecular flexibility index (Phi) is 3.03. The first-order chi connectivity index (χ1) is 9.78. The van der Waals surface area contributed by atoms with Crippen molar-refractivity contribution >= 4 is 0 Å². The summed E-state index contributed by atoms with van der Waals surface area (Å²) >= 11 is 0. The predicted octanol–water partition coefficient (Wildman–Crippen LogP) is 3.69. The third-order valence-corrected chi connectivity index (χ3v) is 6.16. The van der Waals surface area contributed by atoms with Gasteiger partial charge in [-0.15, -0.1) is 0 Å². The van der Waals surface area contributed by atoms with E-state index in [1.165, 1.54) is 43.2 Å². The Bertz CT molecular complexity index is 482. The van der Waals surface area contributed by atoms with Crippen molar-refractivity contribution in [3.8, 4) is 5.75 Å². The molecule has 0 unspecified atom stereocenters. The van der Waals surface area contributed by atoms with Gasteiger partial charge in [0.25, 0.3) is 0 Å². The van der Waals surface area contributed by atoms with E-state index in [0.717, 1.165) is 35.3 Å². The van der Waals surface area contributed by atoms with Crippen molar-refractivity contribution < 1.29 is 4.74 Å². The third-order valence-electron chi connectivity index (χ3n) is 6.16. The first-order valence-corrected chi connectivity index (χ1v) is 8.15. The van der Waals surface area contributed by atoms with Crippen LogP contribution in [-0.4, -0.2) is 7.11 Å². The van der Waals surface area contributed by atoms with E-state index < -0.39 is 0 Å². The van der Waals surface area contributed by atoms with Crippen molar-refractivity contribution in [1.29, 1.82) is 0 Å². The van der Waals surface area contributed by atoms with Gasteiger partial charge in [0.1, 0.15) is 5.75 Å². The average Bonchev–Trinajstić information content (AvgIpc) is 2.46. The maximum atomic E-state index is 5.99. The van der Waals surface area contributed by atoms with Crippen LogP contribution in [0.2, 0.25) is 0 Å². The molecule has 0 saturated heterocycles. The molecule has 0 aromatic heterocycles. The summed E-state index contributed by atoms with van der Waals surface area (Å²) < 4.78 is 5.46. The van der Waals surface area contributed by atoms with Gasteiger partial charge in [-0.2, -0.15) is 0 Å². The molecule has 20 heavy (non-hydrogen) atoms. The second-order valence-corrected chi connectivity index (χ2v) is 7.23. The summed E-state index contributed by atoms with van der Waals surface area (Å²) in [6, 6.07) is 6.51. The van der Waals surface area contributed by atoms with Gasteiger partial charge < -0.3 is 10.5 Å². The Labute approximate surface area is 121 Å². The van der Waals surface area contributed by atoms with Crippen LogP contribution in [0.3, 0.4) is 0 Å². The molecule has 0 amide bonds. The minimum Gasteiger partial charge on any atom is -0.497 e. The van der Waals surface area contributed by atoms with Crippen molar-refractivity contribution in [2.45, 2.75) is 44.6 Å². The standard InChI is InChI=1S/C18H25NO/c1-20-16-3-2-13(10-19)17(9-16)18-14-5-11-4-12(7-14)8-15(18)6-11/h2-3,9,11-12,14-15,18H,4-8,10,19H2,1H3. The van der Waals surface area contributed by atoms with Crippen molar-refractivity contribution in [1.82, 2.24) is 0 Å². The monoisotopic (exact) mass is 271 g/mol. The zero-order valence-electron chi connectivity index (χ0n) is 12.3. The summed E-state index contributed by atoms with van der Waals surface area (Å²) in [6.45, 7) is 0.655. The molecule has 2 heteroatoms. The van der Waals surface area contributed by atoms with Crippen LogP contribution in [0.25, 0.3) is 0 Å². The first kappa shape index (κ1) is 12.7. The van der Waals surface area contributed by atoms with Crippen molar-refractivity contribution in [2.24, 2.45) is 29.4 Å². The molecule has 0 atom stereocenters. The Hall–Kier alpha value is -1.02. The zero-order chi connectivity index (χ0) is 13.7. The molecular weight excluding hydrogens is 246 g/mol. The molecule has 4 fully saturated rings. The molecule has 4 aliphatic carbocycles. The molecular formula is C18H25NO. The fourth-order valence-corrected chi connectivity index (χ4v) is 5.63. The average molecular weight is 271 g/mol. The van der Waals surface area contributed by atoms with E-state index in [2.05, 4.69) is 18.2 Å². The van der Waals surface area contributed by atoms with E-state index in [1.807, 2.05) is 0 Å². The van der Waals surface area contributed by atoms with E-state index in [4.69, 9.17) is 10.5 Å². The molecule has 2 N–H and O–H groups in total. The lowest BCUT2D eigenvalue weighted by Crippen LogP contribution is -2.44. The number of rotatable bonds is 3. The molecule has 4 saturated carbocycles. The third kappa shape index (κ3) is 1.88. The summed E-state index contributed by atoms with van der Waals surface area (Å²) in [7, 11) is 1.76. The molecule has 1 aromatic rings. The number of ether oxygens (including phenoxy) is 1. The number of hydrogen-bond acceptors (Lipinski definition) is 2. The number of methoxy groups -OCH3 is 1. The highest BCUT2D eigenvalue weighted by molar-refractivity contribution is 5.39. The molecule has 4 bridgehead atoms. The van der Waals surface area contributed by atoms with Gasteiger partial charge in [-0.25, -0.2) is 0 Å². The van der Waals surface area contributed by atoms with E-state index in [0.29, 0.717) is 6.54 Å². The largest absolute Gasteiger partial charge is 0.497 e. The maximum Gasteiger partial charge on any atom is 0.119 e. The molecule has 1 aromatic carbocycles. The molecule has 2 nitrogen and oxygen atoms in total. The molecule has 4 aliphatic rings. The number of hydrogen-bond donors (Lipinski definition) is 1. The van der Waals surface area contributed by atoms with Crippen molar-refractivity contribution in [3.63, 3.8) is 0 Å². The molecule has 0 spiro atoms. The molecule has 0 heterocycles. The minimum atomic E-state index is 0.655. The topological polar surface area (TPSA) is 35.2 Å². The summed E-state index contributed by atoms with van der Waals surface area (Å²) in [5.41, 5.74) is 8.83. The Morgan fingerprint density at radius 3 is 2.25 bits per heavy atom. The lowest BCUT2D eigenvalue weighted by molar-refractivity contribution is -0.00310. The van der Waals surface area contributed by atoms with Gasteiger partial charge in [0.2, 0.25) is 0 Å². The summed E-state index contributed by atoms with van der Waals surface area (Å²) in [5.74, 6) is 5.61. The second kappa shape index (κ2) is 4.77. The van der Waals surface area contributed by atoms with E-state index in [9.17, 15) is 0 Å². The van der Waals surface area contributed by atoms with Gasteiger partial charge in [0.15, 0.2) is 0 Å². The highest BCUT2D eigenvalue weighted by Gasteiger charge is 2.48. The smallest absolute Gasteiger partial charge is 0.119 e. The van der Waals surface area contributed by atoms with Crippen molar-refractivity contribution in [3.05, 3.63) is 29.3 Å². The first-order valence-electron chi connectivity index (χ1n) is 8.15. The van der Waals surface area contributed by atoms with E-state index in [1.54, 1.807) is 7.11 Å². The normalized spacial score (nSPS) is 38.2. The Morgan fingerprint density at radius 1 is 1.05 bits per heavy atom. The highest BCUT2D eigenvalue weighted by Crippen LogP contribution is 2.60. The predicted molar refractivity (Wildman–Crippen MR) is 80.7 cm³/mol. The van der Waals surface area contributed by atoms with Crippen LogP contribution in [0.15, 0.2) is 18.2 Å². The van der Waals surface area contributed by atoms with Crippen LogP contribution in [-0.2, 0) is 6.54 Å². The van der Waals surface area contributed by atoms with Crippen LogP contribution in [0, 0.1) is 23.7 Å². The minimum absolute atomic E-state index is 0.655. The van der Waals surface area contributed by atoms with Crippen LogP contribution in [0.5, 0.6) is 5.75 Å². The zero-order valence-corrected chi connectivity index (χ0v) is 12.3. The van der Waals surface area contributed by atoms with Crippen molar-refractivity contribution in [2.75, 3.05) is 7.11 Å². The summed E-state index contributed by atoms with van der Waals surface area (Å²) in [6.07, 6.45) is 7.34. The van der Waals surface area contributed by atoms with Gasteiger partial charge >= 0.3 is 0 Å². The SMILES string of the molecule is COc1ccc(CN)c(C2C3CC4CC(C3)CC2C4)c1. The highest BCUT2D eigenvalue weighted by atomic mass is 16.5. The van der Waals surface area contributed by atoms with Crippen LogP contribution in [0.4, 0.5) is 0 Å². The lowest BCUT2D eigenvalue weighted by atomic mass is 9.50. The van der Waals surface area contributed by atoms with E-state index >= 15 is 0 Å². The van der Waals surface area contributed by atoms with Gasteiger partial charge in [-0.05, 0) is 85.0 Å². The van der Waals surface area contributed by atoms with Gasteiger partial charge in [-0.1, -0.05) is 6.07 Å².